The Morgan fingerprint density at radius 1 is 1.32 bits per heavy atom. The quantitative estimate of drug-likeness (QED) is 0.511. The predicted molar refractivity (Wildman–Crippen MR) is 74.0 cm³/mol. The first kappa shape index (κ1) is 16.9. The molecule has 1 aliphatic rings. The van der Waals surface area contributed by atoms with Crippen LogP contribution in [0.1, 0.15) is 39.5 Å². The SMILES string of the molecule is CC1CCC(OCC(O)CNCC(C)(O)CO)CC1. The average molecular weight is 275 g/mol. The summed E-state index contributed by atoms with van der Waals surface area (Å²) in [5.74, 6) is 0.798. The first-order chi connectivity index (χ1) is 8.93. The lowest BCUT2D eigenvalue weighted by Gasteiger charge is -2.27. The summed E-state index contributed by atoms with van der Waals surface area (Å²) in [6.07, 6.45) is 4.29. The Balaban J connectivity index is 2.06. The molecule has 0 aliphatic heterocycles. The minimum atomic E-state index is -1.14. The van der Waals surface area contributed by atoms with Gasteiger partial charge in [0.2, 0.25) is 0 Å². The van der Waals surface area contributed by atoms with Crippen LogP contribution in [-0.4, -0.2) is 59.4 Å². The standard InChI is InChI=1S/C14H29NO4/c1-11-3-5-13(6-4-11)19-8-12(17)7-15-9-14(2,18)10-16/h11-13,15-18H,3-10H2,1-2H3. The topological polar surface area (TPSA) is 82.0 Å². The van der Waals surface area contributed by atoms with Crippen LogP contribution in [0.25, 0.3) is 0 Å². The number of nitrogens with one attached hydrogen (secondary N) is 1. The summed E-state index contributed by atoms with van der Waals surface area (Å²) < 4.78 is 5.70. The van der Waals surface area contributed by atoms with E-state index in [1.807, 2.05) is 0 Å². The van der Waals surface area contributed by atoms with E-state index in [9.17, 15) is 10.2 Å². The van der Waals surface area contributed by atoms with Crippen molar-refractivity contribution in [3.05, 3.63) is 0 Å². The third kappa shape index (κ3) is 7.22. The zero-order valence-corrected chi connectivity index (χ0v) is 12.1. The van der Waals surface area contributed by atoms with Gasteiger partial charge in [0, 0.05) is 13.1 Å². The molecule has 0 spiro atoms. The summed E-state index contributed by atoms with van der Waals surface area (Å²) in [4.78, 5) is 0. The van der Waals surface area contributed by atoms with Crippen LogP contribution >= 0.6 is 0 Å². The molecule has 19 heavy (non-hydrogen) atoms. The highest BCUT2D eigenvalue weighted by molar-refractivity contribution is 4.75. The molecule has 2 unspecified atom stereocenters. The molecule has 1 aliphatic carbocycles. The lowest BCUT2D eigenvalue weighted by Crippen LogP contribution is -2.44. The van der Waals surface area contributed by atoms with Gasteiger partial charge in [-0.05, 0) is 38.5 Å². The molecule has 0 saturated heterocycles. The van der Waals surface area contributed by atoms with E-state index in [-0.39, 0.29) is 19.3 Å². The van der Waals surface area contributed by atoms with E-state index >= 15 is 0 Å². The van der Waals surface area contributed by atoms with Gasteiger partial charge in [-0.1, -0.05) is 6.92 Å². The Labute approximate surface area is 116 Å². The van der Waals surface area contributed by atoms with Gasteiger partial charge < -0.3 is 25.4 Å². The summed E-state index contributed by atoms with van der Waals surface area (Å²) >= 11 is 0. The second-order valence-electron chi connectivity index (χ2n) is 6.15. The molecule has 1 fully saturated rings. The van der Waals surface area contributed by atoms with Crippen LogP contribution in [0.3, 0.4) is 0 Å². The van der Waals surface area contributed by atoms with Crippen LogP contribution in [0.2, 0.25) is 0 Å². The van der Waals surface area contributed by atoms with Gasteiger partial charge in [0.25, 0.3) is 0 Å². The van der Waals surface area contributed by atoms with Crippen LogP contribution in [0.15, 0.2) is 0 Å². The van der Waals surface area contributed by atoms with E-state index in [1.165, 1.54) is 12.8 Å². The highest BCUT2D eigenvalue weighted by atomic mass is 16.5. The Kier molecular flexibility index (Phi) is 7.25. The monoisotopic (exact) mass is 275 g/mol. The molecule has 0 radical (unpaired) electrons. The van der Waals surface area contributed by atoms with Gasteiger partial charge in [-0.25, -0.2) is 0 Å². The smallest absolute Gasteiger partial charge is 0.0972 e. The van der Waals surface area contributed by atoms with Crippen molar-refractivity contribution in [3.63, 3.8) is 0 Å². The van der Waals surface area contributed by atoms with Crippen LogP contribution < -0.4 is 5.32 Å². The molecule has 114 valence electrons. The van der Waals surface area contributed by atoms with E-state index in [0.29, 0.717) is 13.2 Å². The molecule has 5 nitrogen and oxygen atoms in total. The number of ether oxygens (including phenoxy) is 1. The zero-order valence-electron chi connectivity index (χ0n) is 12.1. The second-order valence-corrected chi connectivity index (χ2v) is 6.15. The Morgan fingerprint density at radius 3 is 2.53 bits per heavy atom. The Hall–Kier alpha value is -0.200. The molecule has 0 bridgehead atoms. The number of hydrogen-bond donors (Lipinski definition) is 4. The summed E-state index contributed by atoms with van der Waals surface area (Å²) in [7, 11) is 0. The van der Waals surface area contributed by atoms with Crippen molar-refractivity contribution in [2.75, 3.05) is 26.3 Å². The summed E-state index contributed by atoms with van der Waals surface area (Å²) in [6, 6.07) is 0. The van der Waals surface area contributed by atoms with Gasteiger partial charge >= 0.3 is 0 Å². The maximum Gasteiger partial charge on any atom is 0.0972 e. The van der Waals surface area contributed by atoms with Gasteiger partial charge in [-0.2, -0.15) is 0 Å². The highest BCUT2D eigenvalue weighted by Gasteiger charge is 2.21. The second kappa shape index (κ2) is 8.17. The molecule has 0 amide bonds. The molecule has 0 aromatic heterocycles. The first-order valence-corrected chi connectivity index (χ1v) is 7.26. The van der Waals surface area contributed by atoms with Crippen molar-refractivity contribution < 1.29 is 20.1 Å². The fourth-order valence-corrected chi connectivity index (χ4v) is 2.27. The third-order valence-corrected chi connectivity index (χ3v) is 3.71. The van der Waals surface area contributed by atoms with Crippen LogP contribution in [-0.2, 0) is 4.74 Å². The molecule has 4 N–H and O–H groups in total. The number of aliphatic hydroxyl groups is 3. The lowest BCUT2D eigenvalue weighted by atomic mass is 9.89. The minimum Gasteiger partial charge on any atom is -0.393 e. The van der Waals surface area contributed by atoms with E-state index in [2.05, 4.69) is 12.2 Å². The van der Waals surface area contributed by atoms with Crippen molar-refractivity contribution in [3.8, 4) is 0 Å². The number of hydrogen-bond acceptors (Lipinski definition) is 5. The molecule has 1 rings (SSSR count). The molecule has 1 saturated carbocycles. The molecule has 0 aromatic rings. The van der Waals surface area contributed by atoms with Gasteiger partial charge in [0.15, 0.2) is 0 Å². The van der Waals surface area contributed by atoms with E-state index in [0.717, 1.165) is 18.8 Å². The molecule has 5 heteroatoms. The van der Waals surface area contributed by atoms with Crippen molar-refractivity contribution in [1.29, 1.82) is 0 Å². The first-order valence-electron chi connectivity index (χ1n) is 7.26. The largest absolute Gasteiger partial charge is 0.393 e. The molecular formula is C14H29NO4. The van der Waals surface area contributed by atoms with Crippen LogP contribution in [0, 0.1) is 5.92 Å². The maximum atomic E-state index is 9.77. The van der Waals surface area contributed by atoms with E-state index in [4.69, 9.17) is 9.84 Å². The predicted octanol–water partition coefficient (Wildman–Crippen LogP) is 0.275. The Bertz CT molecular complexity index is 240. The summed E-state index contributed by atoms with van der Waals surface area (Å²) in [5, 5.41) is 31.1. The minimum absolute atomic E-state index is 0.251. The van der Waals surface area contributed by atoms with Crippen LogP contribution in [0.4, 0.5) is 0 Å². The number of aliphatic hydroxyl groups excluding tert-OH is 2. The molecule has 0 aromatic carbocycles. The van der Waals surface area contributed by atoms with Crippen LogP contribution in [0.5, 0.6) is 0 Å². The number of rotatable bonds is 8. The van der Waals surface area contributed by atoms with E-state index < -0.39 is 11.7 Å². The summed E-state index contributed by atoms with van der Waals surface area (Å²) in [5.41, 5.74) is -1.14. The maximum absolute atomic E-state index is 9.77. The van der Waals surface area contributed by atoms with Gasteiger partial charge in [0.1, 0.15) is 0 Å². The Morgan fingerprint density at radius 2 is 1.95 bits per heavy atom. The van der Waals surface area contributed by atoms with Gasteiger partial charge in [-0.3, -0.25) is 0 Å². The fraction of sp³-hybridized carbons (Fsp3) is 1.00. The van der Waals surface area contributed by atoms with Crippen molar-refractivity contribution in [2.24, 2.45) is 5.92 Å². The lowest BCUT2D eigenvalue weighted by molar-refractivity contribution is -0.0321. The molecule has 0 heterocycles. The summed E-state index contributed by atoms with van der Waals surface area (Å²) in [6.45, 7) is 4.45. The van der Waals surface area contributed by atoms with Crippen molar-refractivity contribution in [2.45, 2.75) is 57.3 Å². The van der Waals surface area contributed by atoms with Gasteiger partial charge in [0.05, 0.1) is 31.0 Å². The normalized spacial score (nSPS) is 28.9. The molecular weight excluding hydrogens is 246 g/mol. The van der Waals surface area contributed by atoms with Crippen molar-refractivity contribution >= 4 is 0 Å². The third-order valence-electron chi connectivity index (χ3n) is 3.71. The van der Waals surface area contributed by atoms with Gasteiger partial charge in [-0.15, -0.1) is 0 Å². The highest BCUT2D eigenvalue weighted by Crippen LogP contribution is 2.25. The average Bonchev–Trinajstić information content (AvgIpc) is 2.38. The fourth-order valence-electron chi connectivity index (χ4n) is 2.27. The zero-order chi connectivity index (χ0) is 14.3. The van der Waals surface area contributed by atoms with E-state index in [1.54, 1.807) is 6.92 Å². The van der Waals surface area contributed by atoms with Crippen molar-refractivity contribution in [1.82, 2.24) is 5.32 Å². The molecule has 2 atom stereocenters.